The summed E-state index contributed by atoms with van der Waals surface area (Å²) in [6, 6.07) is 0.0717. The average Bonchev–Trinajstić information content (AvgIpc) is 2.41. The molecule has 5 nitrogen and oxygen atoms in total. The monoisotopic (exact) mass is 243 g/mol. The van der Waals surface area contributed by atoms with E-state index in [9.17, 15) is 4.79 Å². The van der Waals surface area contributed by atoms with Gasteiger partial charge in [0.1, 0.15) is 0 Å². The Bertz CT molecular complexity index is 240. The maximum Gasteiger partial charge on any atom is 0.320 e. The molecule has 1 saturated heterocycles. The number of likely N-dealkylation sites (N-methyl/N-ethyl adjacent to an activating group) is 1. The van der Waals surface area contributed by atoms with E-state index in [0.717, 1.165) is 12.8 Å². The molecule has 0 aliphatic carbocycles. The van der Waals surface area contributed by atoms with E-state index >= 15 is 0 Å². The van der Waals surface area contributed by atoms with E-state index < -0.39 is 0 Å². The van der Waals surface area contributed by atoms with E-state index in [2.05, 4.69) is 13.8 Å². The summed E-state index contributed by atoms with van der Waals surface area (Å²) >= 11 is 0. The van der Waals surface area contributed by atoms with Crippen molar-refractivity contribution in [3.8, 4) is 0 Å². The molecule has 0 aromatic heterocycles. The van der Waals surface area contributed by atoms with Crippen LogP contribution in [0.25, 0.3) is 0 Å². The lowest BCUT2D eigenvalue weighted by molar-refractivity contribution is 0.0322. The van der Waals surface area contributed by atoms with Gasteiger partial charge in [-0.05, 0) is 12.8 Å². The molecule has 0 spiro atoms. The zero-order valence-corrected chi connectivity index (χ0v) is 11.2. The molecule has 1 fully saturated rings. The number of carbonyl (C=O) groups excluding carboxylic acids is 1. The first-order valence-corrected chi connectivity index (χ1v) is 6.42. The molecule has 1 aliphatic rings. The first kappa shape index (κ1) is 14.3. The summed E-state index contributed by atoms with van der Waals surface area (Å²) in [4.78, 5) is 16.0. The van der Waals surface area contributed by atoms with Gasteiger partial charge in [-0.25, -0.2) is 4.79 Å². The van der Waals surface area contributed by atoms with Crippen LogP contribution in [0.3, 0.4) is 0 Å². The highest BCUT2D eigenvalue weighted by molar-refractivity contribution is 5.75. The van der Waals surface area contributed by atoms with Crippen LogP contribution in [-0.4, -0.2) is 61.3 Å². The van der Waals surface area contributed by atoms with Gasteiger partial charge in [-0.3, -0.25) is 0 Å². The zero-order chi connectivity index (χ0) is 12.9. The van der Waals surface area contributed by atoms with E-state index in [1.807, 2.05) is 16.8 Å². The van der Waals surface area contributed by atoms with E-state index in [4.69, 9.17) is 10.5 Å². The second kappa shape index (κ2) is 6.21. The highest BCUT2D eigenvalue weighted by Gasteiger charge is 2.35. The summed E-state index contributed by atoms with van der Waals surface area (Å²) in [5.74, 6) is 0. The largest absolute Gasteiger partial charge is 0.378 e. The molecule has 0 radical (unpaired) electrons. The molecule has 2 amide bonds. The van der Waals surface area contributed by atoms with Crippen molar-refractivity contribution in [1.29, 1.82) is 0 Å². The predicted molar refractivity (Wildman–Crippen MR) is 67.9 cm³/mol. The number of morpholine rings is 1. The van der Waals surface area contributed by atoms with Gasteiger partial charge in [0, 0.05) is 26.7 Å². The fourth-order valence-corrected chi connectivity index (χ4v) is 2.32. The second-order valence-electron chi connectivity index (χ2n) is 4.58. The first-order chi connectivity index (χ1) is 8.11. The summed E-state index contributed by atoms with van der Waals surface area (Å²) in [7, 11) is 1.86. The van der Waals surface area contributed by atoms with Gasteiger partial charge in [0.15, 0.2) is 0 Å². The Morgan fingerprint density at radius 3 is 2.29 bits per heavy atom. The fourth-order valence-electron chi connectivity index (χ4n) is 2.32. The zero-order valence-electron chi connectivity index (χ0n) is 11.2. The molecule has 0 saturated carbocycles. The van der Waals surface area contributed by atoms with Gasteiger partial charge < -0.3 is 20.3 Å². The van der Waals surface area contributed by atoms with Crippen molar-refractivity contribution in [2.75, 3.05) is 39.9 Å². The number of hydrogen-bond donors (Lipinski definition) is 1. The highest BCUT2D eigenvalue weighted by atomic mass is 16.5. The lowest BCUT2D eigenvalue weighted by atomic mass is 9.91. The standard InChI is InChI=1S/C12H25N3O2/c1-4-12(5-2,10-13)14(3)11(16)15-6-8-17-9-7-15/h4-10,13H2,1-3H3. The molecule has 0 aromatic carbocycles. The third kappa shape index (κ3) is 2.90. The number of nitrogens with two attached hydrogens (primary N) is 1. The van der Waals surface area contributed by atoms with E-state index in [-0.39, 0.29) is 11.6 Å². The summed E-state index contributed by atoms with van der Waals surface area (Å²) in [6.45, 7) is 7.29. The first-order valence-electron chi connectivity index (χ1n) is 6.42. The van der Waals surface area contributed by atoms with E-state index in [0.29, 0.717) is 32.8 Å². The van der Waals surface area contributed by atoms with Gasteiger partial charge in [0.05, 0.1) is 18.8 Å². The van der Waals surface area contributed by atoms with Crippen molar-refractivity contribution in [2.45, 2.75) is 32.2 Å². The van der Waals surface area contributed by atoms with Crippen LogP contribution in [0.5, 0.6) is 0 Å². The summed E-state index contributed by atoms with van der Waals surface area (Å²) in [5.41, 5.74) is 5.65. The smallest absolute Gasteiger partial charge is 0.320 e. The molecular formula is C12H25N3O2. The molecule has 0 atom stereocenters. The SMILES string of the molecule is CCC(CC)(CN)N(C)C(=O)N1CCOCC1. The number of urea groups is 1. The Morgan fingerprint density at radius 2 is 1.88 bits per heavy atom. The molecule has 2 N–H and O–H groups in total. The maximum atomic E-state index is 12.4. The van der Waals surface area contributed by atoms with Crippen LogP contribution in [0.2, 0.25) is 0 Å². The van der Waals surface area contributed by atoms with Crippen LogP contribution < -0.4 is 5.73 Å². The molecule has 100 valence electrons. The number of carbonyl (C=O) groups is 1. The molecule has 1 aliphatic heterocycles. The average molecular weight is 243 g/mol. The number of amides is 2. The highest BCUT2D eigenvalue weighted by Crippen LogP contribution is 2.22. The van der Waals surface area contributed by atoms with Gasteiger partial charge in [-0.1, -0.05) is 13.8 Å². The fraction of sp³-hybridized carbons (Fsp3) is 0.917. The van der Waals surface area contributed by atoms with Crippen LogP contribution >= 0.6 is 0 Å². The van der Waals surface area contributed by atoms with Gasteiger partial charge >= 0.3 is 6.03 Å². The lowest BCUT2D eigenvalue weighted by Gasteiger charge is -2.43. The van der Waals surface area contributed by atoms with Crippen molar-refractivity contribution < 1.29 is 9.53 Å². The molecule has 5 heteroatoms. The van der Waals surface area contributed by atoms with E-state index in [1.54, 1.807) is 0 Å². The molecule has 1 heterocycles. The Kier molecular flexibility index (Phi) is 5.21. The predicted octanol–water partition coefficient (Wildman–Crippen LogP) is 0.888. The molecule has 0 aromatic rings. The maximum absolute atomic E-state index is 12.4. The second-order valence-corrected chi connectivity index (χ2v) is 4.58. The Hall–Kier alpha value is -0.810. The lowest BCUT2D eigenvalue weighted by Crippen LogP contribution is -2.58. The Morgan fingerprint density at radius 1 is 1.35 bits per heavy atom. The van der Waals surface area contributed by atoms with Crippen molar-refractivity contribution in [3.63, 3.8) is 0 Å². The molecule has 0 unspecified atom stereocenters. The minimum atomic E-state index is -0.213. The van der Waals surface area contributed by atoms with Gasteiger partial charge in [-0.2, -0.15) is 0 Å². The van der Waals surface area contributed by atoms with Crippen molar-refractivity contribution >= 4 is 6.03 Å². The van der Waals surface area contributed by atoms with Crippen molar-refractivity contribution in [2.24, 2.45) is 5.73 Å². The quantitative estimate of drug-likeness (QED) is 0.797. The molecular weight excluding hydrogens is 218 g/mol. The van der Waals surface area contributed by atoms with Crippen LogP contribution in [0, 0.1) is 0 Å². The van der Waals surface area contributed by atoms with Crippen molar-refractivity contribution in [1.82, 2.24) is 9.80 Å². The molecule has 1 rings (SSSR count). The minimum absolute atomic E-state index is 0.0717. The number of ether oxygens (including phenoxy) is 1. The molecule has 0 bridgehead atoms. The van der Waals surface area contributed by atoms with Crippen LogP contribution in [0.15, 0.2) is 0 Å². The van der Waals surface area contributed by atoms with Gasteiger partial charge in [0.2, 0.25) is 0 Å². The van der Waals surface area contributed by atoms with Gasteiger partial charge in [-0.15, -0.1) is 0 Å². The van der Waals surface area contributed by atoms with Crippen molar-refractivity contribution in [3.05, 3.63) is 0 Å². The third-order valence-corrected chi connectivity index (χ3v) is 3.98. The summed E-state index contributed by atoms with van der Waals surface area (Å²) in [5, 5.41) is 0. The van der Waals surface area contributed by atoms with Gasteiger partial charge in [0.25, 0.3) is 0 Å². The third-order valence-electron chi connectivity index (χ3n) is 3.98. The summed E-state index contributed by atoms with van der Waals surface area (Å²) < 4.78 is 5.26. The van der Waals surface area contributed by atoms with Crippen LogP contribution in [0.4, 0.5) is 4.79 Å². The van der Waals surface area contributed by atoms with Crippen LogP contribution in [0.1, 0.15) is 26.7 Å². The van der Waals surface area contributed by atoms with E-state index in [1.165, 1.54) is 0 Å². The Labute approximate surface area is 104 Å². The normalized spacial score (nSPS) is 17.1. The Balaban J connectivity index is 2.72. The summed E-state index contributed by atoms with van der Waals surface area (Å²) in [6.07, 6.45) is 1.76. The molecule has 17 heavy (non-hydrogen) atoms. The number of rotatable bonds is 4. The van der Waals surface area contributed by atoms with Crippen LogP contribution in [-0.2, 0) is 4.74 Å². The number of nitrogens with zero attached hydrogens (tertiary/aromatic N) is 2. The topological polar surface area (TPSA) is 58.8 Å². The number of hydrogen-bond acceptors (Lipinski definition) is 3. The minimum Gasteiger partial charge on any atom is -0.378 e.